The molecule has 5 nitrogen and oxygen atoms in total. The second-order valence-electron chi connectivity index (χ2n) is 7.44. The Morgan fingerprint density at radius 3 is 2.61 bits per heavy atom. The van der Waals surface area contributed by atoms with Crippen molar-refractivity contribution in [3.8, 4) is 0 Å². The number of fused-ring (bicyclic) bond motifs is 1. The first kappa shape index (κ1) is 18.9. The van der Waals surface area contributed by atoms with Crippen LogP contribution in [0.2, 0.25) is 0 Å². The molecule has 1 aliphatic carbocycles. The molecule has 0 saturated heterocycles. The summed E-state index contributed by atoms with van der Waals surface area (Å²) in [5.74, 6) is 1.09. The Morgan fingerprint density at radius 1 is 1.18 bits per heavy atom. The van der Waals surface area contributed by atoms with E-state index < -0.39 is 5.97 Å². The van der Waals surface area contributed by atoms with E-state index in [1.54, 1.807) is 11.3 Å². The van der Waals surface area contributed by atoms with E-state index in [1.165, 1.54) is 10.4 Å². The fraction of sp³-hybridized carbons (Fsp3) is 0.409. The summed E-state index contributed by atoms with van der Waals surface area (Å²) in [5.41, 5.74) is 1.21. The van der Waals surface area contributed by atoms with Crippen molar-refractivity contribution >= 4 is 33.3 Å². The maximum atomic E-state index is 11.2. The van der Waals surface area contributed by atoms with Crippen LogP contribution in [0.3, 0.4) is 0 Å². The Morgan fingerprint density at radius 2 is 1.93 bits per heavy atom. The molecule has 6 heteroatoms. The third-order valence-corrected chi connectivity index (χ3v) is 6.73. The van der Waals surface area contributed by atoms with Gasteiger partial charge >= 0.3 is 5.97 Å². The zero-order valence-electron chi connectivity index (χ0n) is 16.0. The lowest BCUT2D eigenvalue weighted by Gasteiger charge is -2.25. The van der Waals surface area contributed by atoms with Gasteiger partial charge in [0.25, 0.3) is 0 Å². The molecule has 1 saturated carbocycles. The number of carboxylic acid groups (broad SMARTS) is 1. The van der Waals surface area contributed by atoms with Gasteiger partial charge in [-0.25, -0.2) is 9.97 Å². The SMILES string of the molecule is CCc1cc2c(NCc3ccccc3)nc(C3CCC(C(=O)O)CC3)nc2s1. The molecular formula is C22H25N3O2S. The van der Waals surface area contributed by atoms with Crippen LogP contribution in [-0.2, 0) is 17.8 Å². The van der Waals surface area contributed by atoms with Gasteiger partial charge in [-0.2, -0.15) is 0 Å². The molecule has 4 rings (SSSR count). The zero-order valence-corrected chi connectivity index (χ0v) is 16.8. The second kappa shape index (κ2) is 8.27. The molecule has 0 spiro atoms. The van der Waals surface area contributed by atoms with E-state index in [2.05, 4.69) is 30.4 Å². The number of nitrogens with one attached hydrogen (secondary N) is 1. The zero-order chi connectivity index (χ0) is 19.5. The lowest BCUT2D eigenvalue weighted by Crippen LogP contribution is -2.21. The highest BCUT2D eigenvalue weighted by atomic mass is 32.1. The van der Waals surface area contributed by atoms with Crippen LogP contribution in [0.25, 0.3) is 10.2 Å². The van der Waals surface area contributed by atoms with Crippen molar-refractivity contribution < 1.29 is 9.90 Å². The lowest BCUT2D eigenvalue weighted by atomic mass is 9.81. The number of aryl methyl sites for hydroxylation is 1. The maximum absolute atomic E-state index is 11.2. The van der Waals surface area contributed by atoms with E-state index in [9.17, 15) is 9.90 Å². The second-order valence-corrected chi connectivity index (χ2v) is 8.56. The molecule has 1 fully saturated rings. The first-order valence-corrected chi connectivity index (χ1v) is 10.8. The highest BCUT2D eigenvalue weighted by Gasteiger charge is 2.29. The Bertz CT molecular complexity index is 963. The van der Waals surface area contributed by atoms with Crippen molar-refractivity contribution in [1.29, 1.82) is 0 Å². The van der Waals surface area contributed by atoms with E-state index in [0.29, 0.717) is 12.8 Å². The van der Waals surface area contributed by atoms with Crippen LogP contribution in [0, 0.1) is 5.92 Å². The number of aromatic nitrogens is 2. The molecule has 146 valence electrons. The Kier molecular flexibility index (Phi) is 5.57. The minimum atomic E-state index is -0.675. The molecule has 2 N–H and O–H groups in total. The van der Waals surface area contributed by atoms with E-state index >= 15 is 0 Å². The quantitative estimate of drug-likeness (QED) is 0.598. The summed E-state index contributed by atoms with van der Waals surface area (Å²) in [6, 6.07) is 12.5. The summed E-state index contributed by atoms with van der Waals surface area (Å²) in [5, 5.41) is 13.8. The average molecular weight is 396 g/mol. The third-order valence-electron chi connectivity index (χ3n) is 5.55. The summed E-state index contributed by atoms with van der Waals surface area (Å²) >= 11 is 1.73. The highest BCUT2D eigenvalue weighted by Crippen LogP contribution is 2.37. The third kappa shape index (κ3) is 4.02. The molecule has 0 amide bonds. The lowest BCUT2D eigenvalue weighted by molar-refractivity contribution is -0.142. The topological polar surface area (TPSA) is 75.1 Å². The van der Waals surface area contributed by atoms with Crippen LogP contribution in [0.15, 0.2) is 36.4 Å². The largest absolute Gasteiger partial charge is 0.481 e. The first-order chi connectivity index (χ1) is 13.6. The molecule has 2 heterocycles. The molecular weight excluding hydrogens is 370 g/mol. The van der Waals surface area contributed by atoms with Crippen molar-refractivity contribution in [2.45, 2.75) is 51.5 Å². The minimum Gasteiger partial charge on any atom is -0.481 e. The molecule has 0 aliphatic heterocycles. The van der Waals surface area contributed by atoms with Crippen molar-refractivity contribution in [3.63, 3.8) is 0 Å². The molecule has 3 aromatic rings. The van der Waals surface area contributed by atoms with Gasteiger partial charge in [0.1, 0.15) is 16.5 Å². The summed E-state index contributed by atoms with van der Waals surface area (Å²) in [7, 11) is 0. The smallest absolute Gasteiger partial charge is 0.306 e. The number of hydrogen-bond donors (Lipinski definition) is 2. The van der Waals surface area contributed by atoms with Gasteiger partial charge in [0.05, 0.1) is 11.3 Å². The maximum Gasteiger partial charge on any atom is 0.306 e. The van der Waals surface area contributed by atoms with Crippen LogP contribution in [0.4, 0.5) is 5.82 Å². The van der Waals surface area contributed by atoms with Crippen LogP contribution >= 0.6 is 11.3 Å². The van der Waals surface area contributed by atoms with Gasteiger partial charge in [-0.15, -0.1) is 11.3 Å². The number of rotatable bonds is 6. The molecule has 1 aromatic carbocycles. The van der Waals surface area contributed by atoms with Crippen molar-refractivity contribution in [3.05, 3.63) is 52.7 Å². The number of benzene rings is 1. The van der Waals surface area contributed by atoms with Gasteiger partial charge in [-0.1, -0.05) is 37.3 Å². The van der Waals surface area contributed by atoms with Crippen molar-refractivity contribution in [2.24, 2.45) is 5.92 Å². The van der Waals surface area contributed by atoms with Crippen LogP contribution in [0.5, 0.6) is 0 Å². The molecule has 0 radical (unpaired) electrons. The molecule has 0 unspecified atom stereocenters. The summed E-state index contributed by atoms with van der Waals surface area (Å²) < 4.78 is 0. The number of carbonyl (C=O) groups is 1. The number of thiophene rings is 1. The predicted molar refractivity (Wildman–Crippen MR) is 113 cm³/mol. The van der Waals surface area contributed by atoms with Gasteiger partial charge in [0, 0.05) is 17.3 Å². The van der Waals surface area contributed by atoms with Gasteiger partial charge in [-0.3, -0.25) is 4.79 Å². The number of anilines is 1. The standard InChI is InChI=1S/C22H25N3O2S/c1-2-17-12-18-20(23-13-14-6-4-3-5-7-14)24-19(25-21(18)28-17)15-8-10-16(11-9-15)22(26)27/h3-7,12,15-16H,2,8-11,13H2,1H3,(H,26,27)(H,23,24,25). The molecule has 28 heavy (non-hydrogen) atoms. The van der Waals surface area contributed by atoms with Crippen molar-refractivity contribution in [2.75, 3.05) is 5.32 Å². The first-order valence-electron chi connectivity index (χ1n) is 9.95. The van der Waals surface area contributed by atoms with Crippen LogP contribution < -0.4 is 5.32 Å². The molecule has 0 atom stereocenters. The van der Waals surface area contributed by atoms with Crippen LogP contribution in [-0.4, -0.2) is 21.0 Å². The molecule has 2 aromatic heterocycles. The van der Waals surface area contributed by atoms with E-state index in [0.717, 1.165) is 47.7 Å². The number of nitrogens with zero attached hydrogens (tertiary/aromatic N) is 2. The summed E-state index contributed by atoms with van der Waals surface area (Å²) in [4.78, 5) is 23.3. The van der Waals surface area contributed by atoms with Gasteiger partial charge < -0.3 is 10.4 Å². The van der Waals surface area contributed by atoms with Gasteiger partial charge in [-0.05, 0) is 43.7 Å². The number of carboxylic acids is 1. The summed E-state index contributed by atoms with van der Waals surface area (Å²) in [6.45, 7) is 2.87. The van der Waals surface area contributed by atoms with Gasteiger partial charge in [0.2, 0.25) is 0 Å². The normalized spacial score (nSPS) is 19.6. The monoisotopic (exact) mass is 395 g/mol. The van der Waals surface area contributed by atoms with E-state index in [1.807, 2.05) is 18.2 Å². The minimum absolute atomic E-state index is 0.218. The Balaban J connectivity index is 1.61. The van der Waals surface area contributed by atoms with E-state index in [-0.39, 0.29) is 11.8 Å². The fourth-order valence-electron chi connectivity index (χ4n) is 3.86. The fourth-order valence-corrected chi connectivity index (χ4v) is 4.83. The number of hydrogen-bond acceptors (Lipinski definition) is 5. The number of aliphatic carboxylic acids is 1. The van der Waals surface area contributed by atoms with Gasteiger partial charge in [0.15, 0.2) is 0 Å². The van der Waals surface area contributed by atoms with Crippen LogP contribution in [0.1, 0.15) is 54.8 Å². The van der Waals surface area contributed by atoms with Crippen molar-refractivity contribution in [1.82, 2.24) is 9.97 Å². The molecule has 0 bridgehead atoms. The highest BCUT2D eigenvalue weighted by molar-refractivity contribution is 7.18. The predicted octanol–water partition coefficient (Wildman–Crippen LogP) is 5.22. The Labute approximate surface area is 168 Å². The molecule has 1 aliphatic rings. The summed E-state index contributed by atoms with van der Waals surface area (Å²) in [6.07, 6.45) is 4.08. The average Bonchev–Trinajstić information content (AvgIpc) is 3.16. The Hall–Kier alpha value is -2.47. The van der Waals surface area contributed by atoms with E-state index in [4.69, 9.17) is 9.97 Å².